The van der Waals surface area contributed by atoms with E-state index in [1.165, 1.54) is 0 Å². The summed E-state index contributed by atoms with van der Waals surface area (Å²) in [4.78, 5) is 63.3. The number of rotatable bonds is 7. The van der Waals surface area contributed by atoms with Gasteiger partial charge in [-0.05, 0) is 85.8 Å². The van der Waals surface area contributed by atoms with E-state index in [9.17, 15) is 19.2 Å². The fourth-order valence-corrected chi connectivity index (χ4v) is 7.93. The Morgan fingerprint density at radius 2 is 1.60 bits per heavy atom. The van der Waals surface area contributed by atoms with Crippen LogP contribution in [0.1, 0.15) is 71.2 Å². The molecular weight excluding hydrogens is 668 g/mol. The van der Waals surface area contributed by atoms with Gasteiger partial charge in [0.05, 0.1) is 25.4 Å². The topological polar surface area (TPSA) is 127 Å². The molecule has 3 aliphatic rings. The molecule has 3 fully saturated rings. The van der Waals surface area contributed by atoms with Crippen molar-refractivity contribution in [1.82, 2.24) is 19.6 Å². The van der Waals surface area contributed by atoms with Crippen molar-refractivity contribution in [2.75, 3.05) is 68.1 Å². The average molecular weight is 731 g/mol. The molecule has 13 heteroatoms. The molecule has 52 heavy (non-hydrogen) atoms. The summed E-state index contributed by atoms with van der Waals surface area (Å²) < 4.78 is 30.3. The number of carbonyl (C=O) groups excluding carboxylic acids is 4. The maximum Gasteiger partial charge on any atom is 0.319 e. The number of Topliss-reactive ketones (excluding diaryl/α,β-unsaturated/α-hetero) is 1. The molecule has 0 unspecified atom stereocenters. The fourth-order valence-electron chi connectivity index (χ4n) is 7.93. The van der Waals surface area contributed by atoms with E-state index >= 15 is 0 Å². The predicted molar refractivity (Wildman–Crippen MR) is 196 cm³/mol. The van der Waals surface area contributed by atoms with Gasteiger partial charge in [-0.15, -0.1) is 0 Å². The van der Waals surface area contributed by atoms with Crippen molar-refractivity contribution < 1.29 is 42.9 Å². The molecule has 3 heterocycles. The molecule has 1 aromatic rings. The molecule has 9 atom stereocenters. The molecule has 292 valence electrons. The molecule has 1 aromatic carbocycles. The summed E-state index contributed by atoms with van der Waals surface area (Å²) in [5.74, 6) is -1.46. The highest BCUT2D eigenvalue weighted by molar-refractivity contribution is 6.04. The fraction of sp³-hybridized carbons (Fsp3) is 0.744. The van der Waals surface area contributed by atoms with Crippen molar-refractivity contribution in [1.29, 1.82) is 0 Å². The zero-order valence-electron chi connectivity index (χ0n) is 33.1. The summed E-state index contributed by atoms with van der Waals surface area (Å²) in [6.45, 7) is 12.6. The first-order valence-electron chi connectivity index (χ1n) is 18.7. The zero-order valence-corrected chi connectivity index (χ0v) is 33.1. The maximum atomic E-state index is 14.3. The Morgan fingerprint density at radius 1 is 0.942 bits per heavy atom. The van der Waals surface area contributed by atoms with Gasteiger partial charge in [0.2, 0.25) is 5.91 Å². The number of ketones is 1. The molecule has 0 N–H and O–H groups in total. The molecule has 13 nitrogen and oxygen atoms in total. The van der Waals surface area contributed by atoms with E-state index in [1.807, 2.05) is 33.0 Å². The molecule has 0 radical (unpaired) electrons. The van der Waals surface area contributed by atoms with Crippen molar-refractivity contribution >= 4 is 23.6 Å². The van der Waals surface area contributed by atoms with E-state index in [-0.39, 0.29) is 35.7 Å². The Morgan fingerprint density at radius 3 is 2.21 bits per heavy atom. The van der Waals surface area contributed by atoms with Crippen LogP contribution in [0.2, 0.25) is 0 Å². The number of benzene rings is 1. The minimum atomic E-state index is -1.53. The molecule has 0 spiro atoms. The van der Waals surface area contributed by atoms with Gasteiger partial charge in [-0.3, -0.25) is 24.1 Å². The molecule has 3 aliphatic heterocycles. The number of hydrogen-bond donors (Lipinski definition) is 0. The minimum Gasteiger partial charge on any atom is -0.497 e. The normalized spacial score (nSPS) is 32.7. The van der Waals surface area contributed by atoms with E-state index < -0.39 is 47.9 Å². The van der Waals surface area contributed by atoms with Crippen LogP contribution in [0.3, 0.4) is 0 Å². The SMILES string of the molecule is COc1cccc(C(=O)N2CCN(C(=O)[C@H]3[C@H](C)OC(=O)C(C)(C)C(=O)[C@H](C)[C@@H](O[C@H]4C[C@@H](N(C)C)C[C@@H](C)O4)[C@H](OC)C[C@@H](C)CN3C)CC2)c1. The lowest BCUT2D eigenvalue weighted by Gasteiger charge is -2.41. The number of amides is 2. The molecule has 0 aliphatic carbocycles. The first-order valence-corrected chi connectivity index (χ1v) is 18.7. The minimum absolute atomic E-state index is 0.00775. The van der Waals surface area contributed by atoms with Crippen LogP contribution < -0.4 is 4.74 Å². The van der Waals surface area contributed by atoms with Crippen LogP contribution in [-0.4, -0.2) is 154 Å². The summed E-state index contributed by atoms with van der Waals surface area (Å²) in [7, 11) is 9.12. The lowest BCUT2D eigenvalue weighted by molar-refractivity contribution is -0.246. The molecule has 4 rings (SSSR count). The second-order valence-corrected chi connectivity index (χ2v) is 15.8. The number of carbonyl (C=O) groups is 4. The Bertz CT molecular complexity index is 1400. The van der Waals surface area contributed by atoms with Gasteiger partial charge in [0, 0.05) is 63.8 Å². The smallest absolute Gasteiger partial charge is 0.319 e. The number of cyclic esters (lactones) is 1. The standard InChI is InChI=1S/C39H62N4O9/c1-24-19-31(49-11)34(52-32-22-29(40(7)8)20-25(2)50-32)26(3)35(44)39(5,6)38(47)51-27(4)33(41(9)23-24)37(46)43-17-15-42(16-18-43)36(45)28-13-12-14-30(21-28)48-10/h12-14,21,24-27,29,31-34H,15-20,22-23H2,1-11H3/t24-,25-,26-,27+,29+,31-,32+,33-,34-/m1/s1. The van der Waals surface area contributed by atoms with Crippen molar-refractivity contribution in [3.05, 3.63) is 29.8 Å². The Kier molecular flexibility index (Phi) is 14.3. The number of hydrogen-bond acceptors (Lipinski definition) is 11. The van der Waals surface area contributed by atoms with E-state index in [1.54, 1.807) is 76.0 Å². The number of likely N-dealkylation sites (N-methyl/N-ethyl adjacent to an activating group) is 1. The zero-order chi connectivity index (χ0) is 38.5. The number of ether oxygens (including phenoxy) is 5. The van der Waals surface area contributed by atoms with E-state index in [4.69, 9.17) is 23.7 Å². The molecule has 2 amide bonds. The maximum absolute atomic E-state index is 14.3. The highest BCUT2D eigenvalue weighted by Gasteiger charge is 2.48. The third-order valence-corrected chi connectivity index (χ3v) is 11.1. The number of methoxy groups -OCH3 is 2. The van der Waals surface area contributed by atoms with Gasteiger partial charge in [0.15, 0.2) is 12.1 Å². The summed E-state index contributed by atoms with van der Waals surface area (Å²) in [6, 6.07) is 6.46. The van der Waals surface area contributed by atoms with Gasteiger partial charge >= 0.3 is 5.97 Å². The molecule has 0 aromatic heterocycles. The van der Waals surface area contributed by atoms with Crippen LogP contribution in [0, 0.1) is 17.3 Å². The summed E-state index contributed by atoms with van der Waals surface area (Å²) in [5, 5.41) is 0. The van der Waals surface area contributed by atoms with Gasteiger partial charge in [-0.2, -0.15) is 0 Å². The second kappa shape index (κ2) is 17.8. The first kappa shape index (κ1) is 41.7. The van der Waals surface area contributed by atoms with Gasteiger partial charge in [0.1, 0.15) is 23.3 Å². The quantitative estimate of drug-likeness (QED) is 0.303. The van der Waals surface area contributed by atoms with Crippen molar-refractivity contribution in [3.63, 3.8) is 0 Å². The summed E-state index contributed by atoms with van der Waals surface area (Å²) in [6.07, 6.45) is -0.570. The lowest BCUT2D eigenvalue weighted by Crippen LogP contribution is -2.59. The number of esters is 1. The van der Waals surface area contributed by atoms with Crippen molar-refractivity contribution in [2.45, 2.75) is 104 Å². The van der Waals surface area contributed by atoms with E-state index in [0.29, 0.717) is 56.9 Å². The van der Waals surface area contributed by atoms with Crippen LogP contribution in [0.5, 0.6) is 5.75 Å². The molecular formula is C39H62N4O9. The second-order valence-electron chi connectivity index (χ2n) is 15.8. The molecule has 0 saturated carbocycles. The number of nitrogens with zero attached hydrogens (tertiary/aromatic N) is 4. The first-order chi connectivity index (χ1) is 24.5. The van der Waals surface area contributed by atoms with Crippen LogP contribution in [0.4, 0.5) is 0 Å². The Labute approximate surface area is 310 Å². The van der Waals surface area contributed by atoms with Gasteiger partial charge in [0.25, 0.3) is 5.91 Å². The van der Waals surface area contributed by atoms with Crippen LogP contribution >= 0.6 is 0 Å². The average Bonchev–Trinajstić information content (AvgIpc) is 3.11. The lowest BCUT2D eigenvalue weighted by atomic mass is 9.78. The predicted octanol–water partition coefficient (Wildman–Crippen LogP) is 3.34. The Hall–Kier alpha value is -3.10. The largest absolute Gasteiger partial charge is 0.497 e. The van der Waals surface area contributed by atoms with Crippen molar-refractivity contribution in [3.8, 4) is 5.75 Å². The highest BCUT2D eigenvalue weighted by Crippen LogP contribution is 2.34. The van der Waals surface area contributed by atoms with Gasteiger partial charge < -0.3 is 38.4 Å². The summed E-state index contributed by atoms with van der Waals surface area (Å²) >= 11 is 0. The summed E-state index contributed by atoms with van der Waals surface area (Å²) in [5.41, 5.74) is -1.01. The third kappa shape index (κ3) is 9.71. The van der Waals surface area contributed by atoms with Crippen LogP contribution in [0.25, 0.3) is 0 Å². The Balaban J connectivity index is 1.55. The third-order valence-electron chi connectivity index (χ3n) is 11.1. The van der Waals surface area contributed by atoms with Crippen LogP contribution in [0.15, 0.2) is 24.3 Å². The molecule has 3 saturated heterocycles. The number of piperazine rings is 1. The van der Waals surface area contributed by atoms with Gasteiger partial charge in [-0.25, -0.2) is 0 Å². The van der Waals surface area contributed by atoms with E-state index in [2.05, 4.69) is 11.8 Å². The van der Waals surface area contributed by atoms with Crippen LogP contribution in [-0.2, 0) is 33.3 Å². The van der Waals surface area contributed by atoms with E-state index in [0.717, 1.165) is 6.42 Å². The molecule has 0 bridgehead atoms. The highest BCUT2D eigenvalue weighted by atomic mass is 16.7. The van der Waals surface area contributed by atoms with Crippen molar-refractivity contribution in [2.24, 2.45) is 17.3 Å². The monoisotopic (exact) mass is 730 g/mol. The van der Waals surface area contributed by atoms with Gasteiger partial charge in [-0.1, -0.05) is 19.9 Å².